The number of ketones is 1. The van der Waals surface area contributed by atoms with Gasteiger partial charge in [0.15, 0.2) is 11.3 Å². The highest BCUT2D eigenvalue weighted by Gasteiger charge is 2.62. The van der Waals surface area contributed by atoms with Crippen LogP contribution in [0.1, 0.15) is 71.6 Å². The molecule has 0 N–H and O–H groups in total. The number of methoxy groups -OCH3 is 2. The van der Waals surface area contributed by atoms with E-state index in [2.05, 4.69) is 24.0 Å². The van der Waals surface area contributed by atoms with E-state index in [1.54, 1.807) is 11.9 Å². The molecule has 4 aliphatic rings. The number of carbonyl (C=O) groups excluding carboxylic acids is 1. The molecular formula is C30H43N3O3. The first-order valence-corrected chi connectivity index (χ1v) is 14.3. The van der Waals surface area contributed by atoms with Crippen molar-refractivity contribution in [2.75, 3.05) is 20.8 Å². The van der Waals surface area contributed by atoms with Gasteiger partial charge in [-0.15, -0.1) is 5.10 Å². The van der Waals surface area contributed by atoms with E-state index in [1.165, 1.54) is 51.4 Å². The molecule has 0 saturated heterocycles. The number of nitrogens with zero attached hydrogens (tertiary/aromatic N) is 3. The van der Waals surface area contributed by atoms with E-state index in [1.807, 2.05) is 25.3 Å². The highest BCUT2D eigenvalue weighted by molar-refractivity contribution is 5.83. The van der Waals surface area contributed by atoms with Gasteiger partial charge in [0.05, 0.1) is 13.7 Å². The molecule has 8 atom stereocenters. The minimum Gasteiger partial charge on any atom is -0.494 e. The summed E-state index contributed by atoms with van der Waals surface area (Å²) in [6, 6.07) is 5.74. The Morgan fingerprint density at radius 2 is 1.92 bits per heavy atom. The Balaban J connectivity index is 1.22. The lowest BCUT2D eigenvalue weighted by molar-refractivity contribution is -0.154. The van der Waals surface area contributed by atoms with Crippen molar-refractivity contribution in [3.8, 4) is 5.75 Å². The molecule has 6 rings (SSSR count). The van der Waals surface area contributed by atoms with Crippen LogP contribution >= 0.6 is 0 Å². The van der Waals surface area contributed by atoms with Crippen LogP contribution in [0.4, 0.5) is 0 Å². The average molecular weight is 494 g/mol. The van der Waals surface area contributed by atoms with Crippen LogP contribution in [0.2, 0.25) is 0 Å². The highest BCUT2D eigenvalue weighted by atomic mass is 16.5. The number of aromatic nitrogens is 3. The second kappa shape index (κ2) is 9.11. The Labute approximate surface area is 215 Å². The number of hydrogen-bond acceptors (Lipinski definition) is 5. The van der Waals surface area contributed by atoms with Crippen molar-refractivity contribution in [1.29, 1.82) is 0 Å². The molecule has 0 bridgehead atoms. The zero-order valence-corrected chi connectivity index (χ0v) is 22.5. The topological polar surface area (TPSA) is 66.2 Å². The number of rotatable bonds is 6. The summed E-state index contributed by atoms with van der Waals surface area (Å²) in [7, 11) is 3.56. The summed E-state index contributed by atoms with van der Waals surface area (Å²) in [5, 5.41) is 9.21. The molecule has 196 valence electrons. The van der Waals surface area contributed by atoms with Gasteiger partial charge in [-0.25, -0.2) is 0 Å². The molecule has 1 heterocycles. The second-order valence-corrected chi connectivity index (χ2v) is 12.9. The molecule has 36 heavy (non-hydrogen) atoms. The van der Waals surface area contributed by atoms with Gasteiger partial charge in [0.25, 0.3) is 0 Å². The normalized spacial score (nSPS) is 39.9. The number of benzene rings is 1. The lowest BCUT2D eigenvalue weighted by Gasteiger charge is -2.61. The molecule has 0 spiro atoms. The van der Waals surface area contributed by atoms with Gasteiger partial charge in [-0.3, -0.25) is 4.79 Å². The molecule has 4 aliphatic carbocycles. The van der Waals surface area contributed by atoms with Gasteiger partial charge >= 0.3 is 0 Å². The summed E-state index contributed by atoms with van der Waals surface area (Å²) < 4.78 is 11.4. The fourth-order valence-electron chi connectivity index (χ4n) is 9.78. The lowest BCUT2D eigenvalue weighted by Crippen LogP contribution is -2.56. The molecule has 4 fully saturated rings. The minimum absolute atomic E-state index is 0.103. The van der Waals surface area contributed by atoms with Crippen molar-refractivity contribution in [3.63, 3.8) is 0 Å². The molecular weight excluding hydrogens is 450 g/mol. The number of fused-ring (bicyclic) bond motifs is 6. The quantitative estimate of drug-likeness (QED) is 0.499. The Bertz CT molecular complexity index is 1130. The molecule has 6 heteroatoms. The summed E-state index contributed by atoms with van der Waals surface area (Å²) in [5.41, 5.74) is 1.98. The van der Waals surface area contributed by atoms with Crippen LogP contribution in [-0.4, -0.2) is 41.6 Å². The number of Topliss-reactive ketones (excluding diaryl/α,β-unsaturated/α-hetero) is 1. The fourth-order valence-corrected chi connectivity index (χ4v) is 9.78. The first kappa shape index (κ1) is 24.4. The van der Waals surface area contributed by atoms with Gasteiger partial charge < -0.3 is 9.47 Å². The minimum atomic E-state index is 0.103. The maximum absolute atomic E-state index is 13.7. The average Bonchev–Trinajstić information content (AvgIpc) is 3.44. The van der Waals surface area contributed by atoms with Gasteiger partial charge in [-0.05, 0) is 104 Å². The second-order valence-electron chi connectivity index (χ2n) is 12.9. The summed E-state index contributed by atoms with van der Waals surface area (Å²) in [6.07, 6.45) is 11.4. The molecule has 3 unspecified atom stereocenters. The van der Waals surface area contributed by atoms with Crippen LogP contribution in [-0.2, 0) is 16.1 Å². The SMILES string of the molecule is COC[C@]12CC[C@H](C)CC1CC[C@@H]1C2CC[C@@]2(C)C1CC[C@@H]2C(=O)Cn1nc2cccc(OC)c2n1. The fraction of sp³-hybridized carbons (Fsp3) is 0.767. The molecule has 2 aromatic rings. The molecule has 6 nitrogen and oxygen atoms in total. The van der Waals surface area contributed by atoms with Crippen LogP contribution in [0, 0.1) is 46.3 Å². The van der Waals surface area contributed by atoms with Crippen molar-refractivity contribution in [2.24, 2.45) is 46.3 Å². The van der Waals surface area contributed by atoms with Crippen molar-refractivity contribution in [3.05, 3.63) is 18.2 Å². The standard InChI is InChI=1S/C30H43N3O3/c1-19-12-15-30(18-35-3)20(16-19)8-9-21-22-10-11-24(29(22,2)14-13-23(21)30)26(34)17-33-31-25-6-5-7-27(36-4)28(25)32-33/h5-7,19-24H,8-18H2,1-4H3/t19-,20?,21-,22?,23?,24+,29-,30+/m0/s1. The van der Waals surface area contributed by atoms with Crippen LogP contribution in [0.3, 0.4) is 0 Å². The molecule has 0 amide bonds. The first-order chi connectivity index (χ1) is 17.4. The van der Waals surface area contributed by atoms with Gasteiger partial charge in [0, 0.05) is 13.0 Å². The molecule has 1 aromatic heterocycles. The van der Waals surface area contributed by atoms with Gasteiger partial charge in [-0.2, -0.15) is 9.90 Å². The van der Waals surface area contributed by atoms with Crippen LogP contribution in [0.25, 0.3) is 11.0 Å². The highest BCUT2D eigenvalue weighted by Crippen LogP contribution is 2.68. The summed E-state index contributed by atoms with van der Waals surface area (Å²) in [4.78, 5) is 15.3. The van der Waals surface area contributed by atoms with Gasteiger partial charge in [-0.1, -0.05) is 26.3 Å². The molecule has 0 radical (unpaired) electrons. The summed E-state index contributed by atoms with van der Waals surface area (Å²) >= 11 is 0. The largest absolute Gasteiger partial charge is 0.494 e. The van der Waals surface area contributed by atoms with E-state index >= 15 is 0 Å². The predicted molar refractivity (Wildman–Crippen MR) is 140 cm³/mol. The number of carbonyl (C=O) groups is 1. The summed E-state index contributed by atoms with van der Waals surface area (Å²) in [6.45, 7) is 6.07. The third kappa shape index (κ3) is 3.65. The molecule has 4 saturated carbocycles. The van der Waals surface area contributed by atoms with E-state index in [0.717, 1.165) is 47.7 Å². The lowest BCUT2D eigenvalue weighted by atomic mass is 9.44. The molecule has 0 aliphatic heterocycles. The van der Waals surface area contributed by atoms with Crippen LogP contribution in [0.5, 0.6) is 5.75 Å². The van der Waals surface area contributed by atoms with Gasteiger partial charge in [0.2, 0.25) is 0 Å². The smallest absolute Gasteiger partial charge is 0.159 e. The molecule has 1 aromatic carbocycles. The van der Waals surface area contributed by atoms with Crippen LogP contribution in [0.15, 0.2) is 18.2 Å². The zero-order chi connectivity index (χ0) is 25.1. The third-order valence-corrected chi connectivity index (χ3v) is 11.4. The van der Waals surface area contributed by atoms with Crippen molar-refractivity contribution < 1.29 is 14.3 Å². The maximum atomic E-state index is 13.7. The first-order valence-electron chi connectivity index (χ1n) is 14.3. The van der Waals surface area contributed by atoms with Gasteiger partial charge in [0.1, 0.15) is 17.8 Å². The maximum Gasteiger partial charge on any atom is 0.159 e. The zero-order valence-electron chi connectivity index (χ0n) is 22.5. The van der Waals surface area contributed by atoms with Crippen LogP contribution < -0.4 is 4.74 Å². The van der Waals surface area contributed by atoms with E-state index in [4.69, 9.17) is 9.47 Å². The Morgan fingerprint density at radius 1 is 1.06 bits per heavy atom. The number of ether oxygens (including phenoxy) is 2. The predicted octanol–water partition coefficient (Wildman–Crippen LogP) is 5.93. The Kier molecular flexibility index (Phi) is 6.17. The van der Waals surface area contributed by atoms with E-state index < -0.39 is 0 Å². The third-order valence-electron chi connectivity index (χ3n) is 11.4. The Morgan fingerprint density at radius 3 is 2.72 bits per heavy atom. The number of hydrogen-bond donors (Lipinski definition) is 0. The van der Waals surface area contributed by atoms with Crippen molar-refractivity contribution >= 4 is 16.8 Å². The monoisotopic (exact) mass is 493 g/mol. The van der Waals surface area contributed by atoms with Crippen molar-refractivity contribution in [2.45, 2.75) is 78.2 Å². The van der Waals surface area contributed by atoms with E-state index in [9.17, 15) is 4.79 Å². The van der Waals surface area contributed by atoms with E-state index in [-0.39, 0.29) is 17.9 Å². The summed E-state index contributed by atoms with van der Waals surface area (Å²) in [5.74, 6) is 4.97. The van der Waals surface area contributed by atoms with Crippen molar-refractivity contribution in [1.82, 2.24) is 15.0 Å². The Hall–Kier alpha value is -1.95. The van der Waals surface area contributed by atoms with E-state index in [0.29, 0.717) is 22.9 Å².